The number of hydrogen-bond donors (Lipinski definition) is 1. The van der Waals surface area contributed by atoms with Crippen LogP contribution in [0.15, 0.2) is 121 Å². The number of nitrogens with zero attached hydrogens (tertiary/aromatic N) is 1. The van der Waals surface area contributed by atoms with Crippen molar-refractivity contribution in [2.75, 3.05) is 13.2 Å². The summed E-state index contributed by atoms with van der Waals surface area (Å²) in [7, 11) is 0. The topological polar surface area (TPSA) is 60.4 Å². The van der Waals surface area contributed by atoms with Crippen LogP contribution in [0.2, 0.25) is 0 Å². The average molecular weight is 540 g/mol. The highest BCUT2D eigenvalue weighted by Gasteiger charge is 2.48. The Labute approximate surface area is 236 Å². The van der Waals surface area contributed by atoms with Crippen LogP contribution >= 0.6 is 0 Å². The number of hydrogen-bond acceptors (Lipinski definition) is 6. The minimum atomic E-state index is -0.482. The second kappa shape index (κ2) is 14.9. The zero-order chi connectivity index (χ0) is 27.4. The first kappa shape index (κ1) is 28.2. The van der Waals surface area contributed by atoms with E-state index in [0.29, 0.717) is 39.6 Å². The summed E-state index contributed by atoms with van der Waals surface area (Å²) in [6, 6.07) is 39.7. The molecule has 1 aliphatic rings. The molecule has 0 radical (unpaired) electrons. The van der Waals surface area contributed by atoms with E-state index >= 15 is 0 Å². The zero-order valence-corrected chi connectivity index (χ0v) is 22.6. The summed E-state index contributed by atoms with van der Waals surface area (Å²) in [6.45, 7) is 2.27. The van der Waals surface area contributed by atoms with Gasteiger partial charge in [0.2, 0.25) is 0 Å². The summed E-state index contributed by atoms with van der Waals surface area (Å²) in [5, 5.41) is 12.6. The van der Waals surface area contributed by atoms with Crippen molar-refractivity contribution < 1.29 is 24.2 Å². The lowest BCUT2D eigenvalue weighted by molar-refractivity contribution is -0.181. The van der Waals surface area contributed by atoms with Gasteiger partial charge < -0.3 is 24.2 Å². The summed E-state index contributed by atoms with van der Waals surface area (Å²) < 4.78 is 25.5. The Hall–Kier alpha value is -3.36. The van der Waals surface area contributed by atoms with E-state index in [0.717, 1.165) is 22.3 Å². The van der Waals surface area contributed by atoms with E-state index in [-0.39, 0.29) is 6.10 Å². The van der Waals surface area contributed by atoms with Gasteiger partial charge in [-0.25, -0.2) is 0 Å². The van der Waals surface area contributed by atoms with Crippen molar-refractivity contribution in [3.63, 3.8) is 0 Å². The van der Waals surface area contributed by atoms with Gasteiger partial charge in [0.1, 0.15) is 18.3 Å². The van der Waals surface area contributed by atoms with E-state index in [2.05, 4.69) is 0 Å². The molecule has 0 aliphatic carbocycles. The van der Waals surface area contributed by atoms with Crippen LogP contribution in [0.3, 0.4) is 0 Å². The van der Waals surface area contributed by atoms with Crippen molar-refractivity contribution in [1.82, 2.24) is 5.06 Å². The quantitative estimate of drug-likeness (QED) is 0.211. The molecule has 4 atom stereocenters. The second-order valence-electron chi connectivity index (χ2n) is 10.0. The molecule has 40 heavy (non-hydrogen) atoms. The van der Waals surface area contributed by atoms with Gasteiger partial charge in [0.15, 0.2) is 0 Å². The van der Waals surface area contributed by atoms with E-state index in [4.69, 9.17) is 18.9 Å². The molecule has 1 unspecified atom stereocenters. The van der Waals surface area contributed by atoms with Gasteiger partial charge in [-0.15, -0.1) is 0 Å². The molecular formula is C34H37NO5. The van der Waals surface area contributed by atoms with Gasteiger partial charge in [0.05, 0.1) is 45.6 Å². The van der Waals surface area contributed by atoms with Gasteiger partial charge in [-0.3, -0.25) is 0 Å². The Bertz CT molecular complexity index is 1240. The first-order chi connectivity index (χ1) is 19.8. The molecule has 4 aromatic carbocycles. The lowest BCUT2D eigenvalue weighted by Crippen LogP contribution is -2.49. The summed E-state index contributed by atoms with van der Waals surface area (Å²) in [5.74, 6) is 0. The fourth-order valence-corrected chi connectivity index (χ4v) is 4.99. The fraction of sp³-hybridized carbons (Fsp3) is 0.294. The molecule has 5 rings (SSSR count). The van der Waals surface area contributed by atoms with Crippen molar-refractivity contribution in [2.24, 2.45) is 0 Å². The largest absolute Gasteiger partial charge is 0.374 e. The van der Waals surface area contributed by atoms with E-state index in [1.54, 1.807) is 0 Å². The first-order valence-corrected chi connectivity index (χ1v) is 13.8. The van der Waals surface area contributed by atoms with Gasteiger partial charge in [-0.1, -0.05) is 121 Å². The van der Waals surface area contributed by atoms with Gasteiger partial charge in [0.25, 0.3) is 0 Å². The lowest BCUT2D eigenvalue weighted by Gasteiger charge is -2.32. The lowest BCUT2D eigenvalue weighted by atomic mass is 10.0. The standard InChI is InChI=1S/C34H37NO5/c36-35-21-31(38-23-28-15-7-2-8-16-28)34(40-25-30-19-11-4-12-20-30)33(35)32(39-24-29-17-9-3-10-18-29)26-37-22-27-13-5-1-6-14-27/h1-20,31-34,36H,21-26H2/t31-,32?,33+,34+/m0/s1. The number of ether oxygens (including phenoxy) is 4. The third-order valence-electron chi connectivity index (χ3n) is 7.09. The highest BCUT2D eigenvalue weighted by Crippen LogP contribution is 2.29. The van der Waals surface area contributed by atoms with Crippen LogP contribution in [0.4, 0.5) is 0 Å². The molecule has 6 nitrogen and oxygen atoms in total. The van der Waals surface area contributed by atoms with Gasteiger partial charge >= 0.3 is 0 Å². The van der Waals surface area contributed by atoms with Crippen LogP contribution in [0.5, 0.6) is 0 Å². The molecule has 0 saturated carbocycles. The van der Waals surface area contributed by atoms with Gasteiger partial charge in [-0.05, 0) is 22.3 Å². The predicted molar refractivity (Wildman–Crippen MR) is 153 cm³/mol. The van der Waals surface area contributed by atoms with E-state index in [1.165, 1.54) is 5.06 Å². The van der Waals surface area contributed by atoms with Gasteiger partial charge in [-0.2, -0.15) is 5.06 Å². The molecule has 1 fully saturated rings. The van der Waals surface area contributed by atoms with Gasteiger partial charge in [0, 0.05) is 0 Å². The van der Waals surface area contributed by atoms with Crippen LogP contribution in [0, 0.1) is 0 Å². The van der Waals surface area contributed by atoms with Crippen LogP contribution in [0.1, 0.15) is 22.3 Å². The van der Waals surface area contributed by atoms with Crippen molar-refractivity contribution in [1.29, 1.82) is 0 Å². The van der Waals surface area contributed by atoms with E-state index in [9.17, 15) is 5.21 Å². The molecule has 1 aliphatic heterocycles. The smallest absolute Gasteiger partial charge is 0.106 e. The molecule has 1 saturated heterocycles. The van der Waals surface area contributed by atoms with Crippen LogP contribution < -0.4 is 0 Å². The van der Waals surface area contributed by atoms with Crippen LogP contribution in [-0.4, -0.2) is 47.8 Å². The third-order valence-corrected chi connectivity index (χ3v) is 7.09. The molecule has 0 spiro atoms. The molecule has 0 aromatic heterocycles. The Balaban J connectivity index is 1.33. The number of rotatable bonds is 14. The molecule has 0 bridgehead atoms. The van der Waals surface area contributed by atoms with Crippen molar-refractivity contribution in [3.05, 3.63) is 144 Å². The Morgan fingerprint density at radius 3 is 1.57 bits per heavy atom. The van der Waals surface area contributed by atoms with Crippen LogP contribution in [-0.2, 0) is 45.4 Å². The molecule has 1 N–H and O–H groups in total. The molecule has 208 valence electrons. The maximum atomic E-state index is 11.2. The summed E-state index contributed by atoms with van der Waals surface area (Å²) in [4.78, 5) is 0. The van der Waals surface area contributed by atoms with E-state index in [1.807, 2.05) is 121 Å². The van der Waals surface area contributed by atoms with Crippen molar-refractivity contribution >= 4 is 0 Å². The first-order valence-electron chi connectivity index (χ1n) is 13.8. The molecule has 6 heteroatoms. The number of hydroxylamine groups is 2. The minimum Gasteiger partial charge on any atom is -0.374 e. The molecule has 4 aromatic rings. The highest BCUT2D eigenvalue weighted by molar-refractivity contribution is 5.16. The third kappa shape index (κ3) is 8.08. The summed E-state index contributed by atoms with van der Waals surface area (Å²) in [6.07, 6.45) is -1.24. The summed E-state index contributed by atoms with van der Waals surface area (Å²) >= 11 is 0. The Morgan fingerprint density at radius 2 is 1.05 bits per heavy atom. The fourth-order valence-electron chi connectivity index (χ4n) is 4.99. The second-order valence-corrected chi connectivity index (χ2v) is 10.0. The molecule has 0 amide bonds. The predicted octanol–water partition coefficient (Wildman–Crippen LogP) is 6.03. The monoisotopic (exact) mass is 539 g/mol. The molecular weight excluding hydrogens is 502 g/mol. The Morgan fingerprint density at radius 1 is 0.600 bits per heavy atom. The van der Waals surface area contributed by atoms with Crippen molar-refractivity contribution in [3.8, 4) is 0 Å². The van der Waals surface area contributed by atoms with E-state index < -0.39 is 18.2 Å². The average Bonchev–Trinajstić information content (AvgIpc) is 3.33. The normalized spacial score (nSPS) is 20.0. The summed E-state index contributed by atoms with van der Waals surface area (Å²) in [5.41, 5.74) is 4.26. The zero-order valence-electron chi connectivity index (χ0n) is 22.6. The highest BCUT2D eigenvalue weighted by atomic mass is 16.6. The maximum absolute atomic E-state index is 11.2. The van der Waals surface area contributed by atoms with Crippen LogP contribution in [0.25, 0.3) is 0 Å². The molecule has 1 heterocycles. The Kier molecular flexibility index (Phi) is 10.5. The van der Waals surface area contributed by atoms with Crippen molar-refractivity contribution in [2.45, 2.75) is 50.8 Å². The number of benzene rings is 4. The SMILES string of the molecule is ON1C[C@H](OCc2ccccc2)[C@@H](OCc2ccccc2)[C@H]1C(COCc1ccccc1)OCc1ccccc1. The maximum Gasteiger partial charge on any atom is 0.106 e. The minimum absolute atomic E-state index is 0.292.